The Morgan fingerprint density at radius 1 is 1.23 bits per heavy atom. The Labute approximate surface area is 151 Å². The van der Waals surface area contributed by atoms with Gasteiger partial charge in [-0.15, -0.1) is 0 Å². The molecule has 5 N–H and O–H groups in total. The van der Waals surface area contributed by atoms with Gasteiger partial charge in [-0.05, 0) is 25.2 Å². The summed E-state index contributed by atoms with van der Waals surface area (Å²) in [7, 11) is 0. The van der Waals surface area contributed by atoms with Crippen molar-refractivity contribution in [3.63, 3.8) is 0 Å². The number of hydrazine groups is 1. The lowest BCUT2D eigenvalue weighted by molar-refractivity contribution is -0.143. The number of nitrogens with two attached hydrogens (primary N) is 1. The summed E-state index contributed by atoms with van der Waals surface area (Å²) in [4.78, 5) is 61.6. The van der Waals surface area contributed by atoms with Gasteiger partial charge in [-0.3, -0.25) is 29.4 Å². The normalized spacial score (nSPS) is 23.5. The number of amides is 4. The number of Topliss-reactive ketones (excluding diaryl/α,β-unsaturated/α-hetero) is 1. The highest BCUT2D eigenvalue weighted by Gasteiger charge is 2.40. The molecule has 0 unspecified atom stereocenters. The van der Waals surface area contributed by atoms with E-state index >= 15 is 0 Å². The van der Waals surface area contributed by atoms with Crippen LogP contribution in [0.5, 0.6) is 0 Å². The van der Waals surface area contributed by atoms with E-state index in [1.54, 1.807) is 19.3 Å². The average molecular weight is 367 g/mol. The maximum atomic E-state index is 12.7. The van der Waals surface area contributed by atoms with Crippen LogP contribution in [0, 0.1) is 5.92 Å². The van der Waals surface area contributed by atoms with Crippen molar-refractivity contribution in [3.8, 4) is 0 Å². The molecule has 3 atom stereocenters. The number of likely N-dealkylation sites (tertiary alicyclic amines) is 1. The number of ketones is 1. The van der Waals surface area contributed by atoms with Crippen LogP contribution in [-0.2, 0) is 24.0 Å². The first-order valence-electron chi connectivity index (χ1n) is 8.71. The fourth-order valence-corrected chi connectivity index (χ4v) is 3.30. The predicted molar refractivity (Wildman–Crippen MR) is 90.0 cm³/mol. The molecule has 4 amide bonds. The number of rotatable bonds is 6. The van der Waals surface area contributed by atoms with Gasteiger partial charge in [0.25, 0.3) is 0 Å². The minimum absolute atomic E-state index is 0.179. The van der Waals surface area contributed by atoms with Crippen LogP contribution in [-0.4, -0.2) is 59.0 Å². The topological polar surface area (TPSA) is 151 Å². The highest BCUT2D eigenvalue weighted by molar-refractivity contribution is 6.38. The third-order valence-electron chi connectivity index (χ3n) is 4.73. The number of carbonyl (C=O) groups excluding carboxylic acids is 5. The van der Waals surface area contributed by atoms with Crippen LogP contribution in [0.1, 0.15) is 39.5 Å². The van der Waals surface area contributed by atoms with Crippen LogP contribution in [0.4, 0.5) is 0 Å². The van der Waals surface area contributed by atoms with E-state index in [0.29, 0.717) is 32.2 Å². The van der Waals surface area contributed by atoms with E-state index in [2.05, 4.69) is 10.6 Å². The summed E-state index contributed by atoms with van der Waals surface area (Å²) in [6.45, 7) is 3.80. The molecule has 2 fully saturated rings. The van der Waals surface area contributed by atoms with Crippen LogP contribution in [0.3, 0.4) is 0 Å². The Hall–Kier alpha value is -2.49. The summed E-state index contributed by atoms with van der Waals surface area (Å²) in [5, 5.41) is 5.18. The summed E-state index contributed by atoms with van der Waals surface area (Å²) in [5.74, 6) is 1.87. The monoisotopic (exact) mass is 367 g/mol. The molecule has 0 bridgehead atoms. The third kappa shape index (κ3) is 4.18. The zero-order chi connectivity index (χ0) is 19.4. The van der Waals surface area contributed by atoms with Gasteiger partial charge in [0.2, 0.25) is 23.5 Å². The molecule has 10 heteroatoms. The lowest BCUT2D eigenvalue weighted by Crippen LogP contribution is -2.57. The predicted octanol–water partition coefficient (Wildman–Crippen LogP) is -2.04. The Balaban J connectivity index is 2.06. The van der Waals surface area contributed by atoms with Gasteiger partial charge in [0.1, 0.15) is 12.1 Å². The second-order valence-corrected chi connectivity index (χ2v) is 6.92. The largest absolute Gasteiger partial charge is 0.344 e. The molecule has 10 nitrogen and oxygen atoms in total. The van der Waals surface area contributed by atoms with E-state index < -0.39 is 35.7 Å². The number of carbonyl (C=O) groups is 5. The fraction of sp³-hybridized carbons (Fsp3) is 0.688. The van der Waals surface area contributed by atoms with Gasteiger partial charge in [-0.25, -0.2) is 5.84 Å². The first-order chi connectivity index (χ1) is 12.3. The summed E-state index contributed by atoms with van der Waals surface area (Å²) in [6, 6.07) is -2.37. The van der Waals surface area contributed by atoms with E-state index in [0.717, 1.165) is 0 Å². The first-order valence-corrected chi connectivity index (χ1v) is 8.71. The van der Waals surface area contributed by atoms with Crippen molar-refractivity contribution in [2.75, 3.05) is 6.54 Å². The number of nitrogens with zero attached hydrogens (tertiary/aromatic N) is 1. The maximum Gasteiger partial charge on any atom is 0.303 e. The molecule has 0 saturated carbocycles. The molecule has 0 spiro atoms. The minimum atomic E-state index is -1.03. The summed E-state index contributed by atoms with van der Waals surface area (Å²) in [6.07, 6.45) is 1.81. The highest BCUT2D eigenvalue weighted by atomic mass is 16.2. The van der Waals surface area contributed by atoms with Gasteiger partial charge in [0.15, 0.2) is 0 Å². The van der Waals surface area contributed by atoms with Crippen molar-refractivity contribution in [3.05, 3.63) is 0 Å². The Morgan fingerprint density at radius 3 is 2.46 bits per heavy atom. The number of nitrogens with one attached hydrogen (secondary N) is 3. The molecule has 0 aromatic carbocycles. The summed E-state index contributed by atoms with van der Waals surface area (Å²) in [5.41, 5.74) is 1.77. The van der Waals surface area contributed by atoms with Crippen molar-refractivity contribution in [2.24, 2.45) is 11.8 Å². The second kappa shape index (κ2) is 8.26. The SMILES string of the molecule is CC(C)[C@H](NC(=O)[C@@H]1CCCN1C(=O)[C@@H]1CCC(=O)N1)C(=O)C(=O)NN. The lowest BCUT2D eigenvalue weighted by Gasteiger charge is -2.28. The molecule has 2 heterocycles. The minimum Gasteiger partial charge on any atom is -0.344 e. The smallest absolute Gasteiger partial charge is 0.303 e. The maximum absolute atomic E-state index is 12.7. The van der Waals surface area contributed by atoms with Crippen molar-refractivity contribution in [1.29, 1.82) is 0 Å². The molecule has 144 valence electrons. The van der Waals surface area contributed by atoms with Crippen LogP contribution >= 0.6 is 0 Å². The van der Waals surface area contributed by atoms with E-state index in [9.17, 15) is 24.0 Å². The van der Waals surface area contributed by atoms with Crippen LogP contribution in [0.15, 0.2) is 0 Å². The highest BCUT2D eigenvalue weighted by Crippen LogP contribution is 2.21. The first kappa shape index (κ1) is 19.8. The molecule has 2 saturated heterocycles. The van der Waals surface area contributed by atoms with Crippen molar-refractivity contribution in [2.45, 2.75) is 57.7 Å². The molecule has 0 aromatic heterocycles. The second-order valence-electron chi connectivity index (χ2n) is 6.92. The molecule has 2 rings (SSSR count). The Morgan fingerprint density at radius 2 is 1.92 bits per heavy atom. The molecule has 0 aromatic rings. The van der Waals surface area contributed by atoms with Gasteiger partial charge in [0.05, 0.1) is 6.04 Å². The molecule has 2 aliphatic rings. The zero-order valence-electron chi connectivity index (χ0n) is 14.9. The molecule has 2 aliphatic heterocycles. The lowest BCUT2D eigenvalue weighted by atomic mass is 9.98. The van der Waals surface area contributed by atoms with Gasteiger partial charge < -0.3 is 15.5 Å². The standard InChI is InChI=1S/C16H25N5O5/c1-8(2)12(13(23)15(25)20-17)19-14(24)10-4-3-7-21(10)16(26)9-5-6-11(22)18-9/h8-10,12H,3-7,17H2,1-2H3,(H,18,22)(H,19,24)(H,20,25)/t9-,10-,12-/m0/s1. The van der Waals surface area contributed by atoms with Gasteiger partial charge >= 0.3 is 5.91 Å². The zero-order valence-corrected chi connectivity index (χ0v) is 14.9. The van der Waals surface area contributed by atoms with Crippen LogP contribution in [0.25, 0.3) is 0 Å². The Kier molecular flexibility index (Phi) is 6.30. The van der Waals surface area contributed by atoms with Crippen molar-refractivity contribution >= 4 is 29.4 Å². The third-order valence-corrected chi connectivity index (χ3v) is 4.73. The van der Waals surface area contributed by atoms with Gasteiger partial charge in [0, 0.05) is 13.0 Å². The molecule has 0 aliphatic carbocycles. The Bertz CT molecular complexity index is 620. The van der Waals surface area contributed by atoms with E-state index in [-0.39, 0.29) is 17.7 Å². The summed E-state index contributed by atoms with van der Waals surface area (Å²) < 4.78 is 0. The molecular weight excluding hydrogens is 342 g/mol. The molecular formula is C16H25N5O5. The summed E-state index contributed by atoms with van der Waals surface area (Å²) >= 11 is 0. The fourth-order valence-electron chi connectivity index (χ4n) is 3.30. The van der Waals surface area contributed by atoms with Gasteiger partial charge in [-0.1, -0.05) is 13.8 Å². The van der Waals surface area contributed by atoms with Crippen LogP contribution < -0.4 is 21.9 Å². The van der Waals surface area contributed by atoms with Crippen LogP contribution in [0.2, 0.25) is 0 Å². The van der Waals surface area contributed by atoms with Crippen molar-refractivity contribution in [1.82, 2.24) is 21.0 Å². The quantitative estimate of drug-likeness (QED) is 0.184. The van der Waals surface area contributed by atoms with Gasteiger partial charge in [-0.2, -0.15) is 0 Å². The average Bonchev–Trinajstić information content (AvgIpc) is 3.26. The van der Waals surface area contributed by atoms with E-state index in [1.165, 1.54) is 4.90 Å². The molecule has 0 radical (unpaired) electrons. The van der Waals surface area contributed by atoms with E-state index in [1.807, 2.05) is 0 Å². The van der Waals surface area contributed by atoms with E-state index in [4.69, 9.17) is 5.84 Å². The number of hydrogen-bond acceptors (Lipinski definition) is 6. The van der Waals surface area contributed by atoms with Crippen molar-refractivity contribution < 1.29 is 24.0 Å². The number of hydrogen-bond donors (Lipinski definition) is 4. The molecule has 26 heavy (non-hydrogen) atoms.